The van der Waals surface area contributed by atoms with E-state index < -0.39 is 23.4 Å². The van der Waals surface area contributed by atoms with Gasteiger partial charge in [0.1, 0.15) is 13.0 Å². The van der Waals surface area contributed by atoms with Crippen molar-refractivity contribution in [3.05, 3.63) is 46.8 Å². The van der Waals surface area contributed by atoms with Gasteiger partial charge in [0.2, 0.25) is 11.2 Å². The van der Waals surface area contributed by atoms with Crippen LogP contribution in [-0.2, 0) is 11.5 Å². The van der Waals surface area contributed by atoms with E-state index in [2.05, 4.69) is 10.1 Å². The van der Waals surface area contributed by atoms with Crippen LogP contribution in [0.3, 0.4) is 0 Å². The summed E-state index contributed by atoms with van der Waals surface area (Å²) in [4.78, 5) is 17.2. The minimum atomic E-state index is -1.51. The minimum absolute atomic E-state index is 0.0802. The van der Waals surface area contributed by atoms with E-state index in [-0.39, 0.29) is 36.4 Å². The number of benzene rings is 1. The van der Waals surface area contributed by atoms with Gasteiger partial charge >= 0.3 is 0 Å². The van der Waals surface area contributed by atoms with Crippen LogP contribution >= 0.6 is 11.6 Å². The number of aromatic nitrogens is 3. The summed E-state index contributed by atoms with van der Waals surface area (Å²) < 4.78 is 40.9. The second-order valence-electron chi connectivity index (χ2n) is 4.99. The van der Waals surface area contributed by atoms with Crippen LogP contribution in [0.1, 0.15) is 17.9 Å². The average Bonchev–Trinajstić information content (AvgIpc) is 3.03. The molecule has 1 aliphatic rings. The molecule has 22 heavy (non-hydrogen) atoms. The summed E-state index contributed by atoms with van der Waals surface area (Å²) in [6, 6.07) is 1.84. The Bertz CT molecular complexity index is 713. The van der Waals surface area contributed by atoms with Gasteiger partial charge in [-0.3, -0.25) is 4.79 Å². The summed E-state index contributed by atoms with van der Waals surface area (Å²) in [5.41, 5.74) is 0.247. The zero-order valence-electron chi connectivity index (χ0n) is 11.1. The van der Waals surface area contributed by atoms with Gasteiger partial charge in [0.25, 0.3) is 0 Å². The Morgan fingerprint density at radius 2 is 1.95 bits per heavy atom. The van der Waals surface area contributed by atoms with Crippen LogP contribution in [0.25, 0.3) is 0 Å². The van der Waals surface area contributed by atoms with Gasteiger partial charge < -0.3 is 4.90 Å². The predicted molar refractivity (Wildman–Crippen MR) is 70.4 cm³/mol. The Labute approximate surface area is 128 Å². The number of likely N-dealkylation sites (tertiary alicyclic amines) is 1. The Morgan fingerprint density at radius 1 is 1.27 bits per heavy atom. The van der Waals surface area contributed by atoms with E-state index in [0.717, 1.165) is 12.1 Å². The Balaban J connectivity index is 1.78. The van der Waals surface area contributed by atoms with Crippen molar-refractivity contribution < 1.29 is 18.0 Å². The first-order valence-corrected chi connectivity index (χ1v) is 6.79. The molecule has 2 heterocycles. The molecule has 2 aromatic rings. The van der Waals surface area contributed by atoms with E-state index in [1.807, 2.05) is 0 Å². The molecule has 1 aromatic heterocycles. The van der Waals surface area contributed by atoms with Crippen LogP contribution in [0.5, 0.6) is 0 Å². The second-order valence-corrected chi connectivity index (χ2v) is 5.32. The zero-order valence-corrected chi connectivity index (χ0v) is 11.9. The van der Waals surface area contributed by atoms with E-state index in [1.165, 1.54) is 15.9 Å². The summed E-state index contributed by atoms with van der Waals surface area (Å²) in [6.45, 7) is 0.333. The third-order valence-electron chi connectivity index (χ3n) is 3.56. The fourth-order valence-electron chi connectivity index (χ4n) is 2.45. The maximum absolute atomic E-state index is 13.3. The largest absolute Gasteiger partial charge is 0.322 e. The molecule has 1 aliphatic heterocycles. The molecule has 0 radical (unpaired) electrons. The molecule has 1 aromatic carbocycles. The molecule has 0 saturated carbocycles. The molecule has 0 bridgehead atoms. The lowest BCUT2D eigenvalue weighted by atomic mass is 9.98. The highest BCUT2D eigenvalue weighted by molar-refractivity contribution is 6.28. The number of nitrogens with zero attached hydrogens (tertiary/aromatic N) is 4. The molecular weight excluding hydrogens is 321 g/mol. The molecule has 1 atom stereocenters. The monoisotopic (exact) mass is 330 g/mol. The molecular formula is C13H10ClF3N4O. The Hall–Kier alpha value is -2.09. The van der Waals surface area contributed by atoms with Crippen molar-refractivity contribution in [3.63, 3.8) is 0 Å². The normalized spacial score (nSPS) is 18.3. The number of amides is 1. The lowest BCUT2D eigenvalue weighted by Crippen LogP contribution is -2.28. The highest BCUT2D eigenvalue weighted by Gasteiger charge is 2.32. The SMILES string of the molecule is O=C1CC(c2cc(F)c(F)c(F)c2)CN1Cn1ncnc1Cl. The van der Waals surface area contributed by atoms with Crippen LogP contribution in [0.15, 0.2) is 18.5 Å². The van der Waals surface area contributed by atoms with Crippen LogP contribution in [-0.4, -0.2) is 32.1 Å². The van der Waals surface area contributed by atoms with Crippen molar-refractivity contribution in [3.8, 4) is 0 Å². The molecule has 116 valence electrons. The van der Waals surface area contributed by atoms with Gasteiger partial charge in [-0.1, -0.05) is 0 Å². The topological polar surface area (TPSA) is 51.0 Å². The molecule has 1 saturated heterocycles. The molecule has 3 rings (SSSR count). The minimum Gasteiger partial charge on any atom is -0.322 e. The molecule has 9 heteroatoms. The summed E-state index contributed by atoms with van der Waals surface area (Å²) in [7, 11) is 0. The zero-order chi connectivity index (χ0) is 15.9. The molecule has 5 nitrogen and oxygen atoms in total. The maximum atomic E-state index is 13.3. The first-order valence-electron chi connectivity index (χ1n) is 6.41. The standard InChI is InChI=1S/C13H10ClF3N4O/c14-13-18-5-19-21(13)6-20-4-8(3-11(20)22)7-1-9(15)12(17)10(16)2-7/h1-2,5,8H,3-4,6H2. The van der Waals surface area contributed by atoms with E-state index >= 15 is 0 Å². The third kappa shape index (κ3) is 2.66. The summed E-state index contributed by atoms with van der Waals surface area (Å²) >= 11 is 5.79. The summed E-state index contributed by atoms with van der Waals surface area (Å²) in [5.74, 6) is -4.67. The lowest BCUT2D eigenvalue weighted by molar-refractivity contribution is -0.129. The van der Waals surface area contributed by atoms with Gasteiger partial charge in [0.15, 0.2) is 17.5 Å². The van der Waals surface area contributed by atoms with Crippen LogP contribution < -0.4 is 0 Å². The second kappa shape index (κ2) is 5.60. The lowest BCUT2D eigenvalue weighted by Gasteiger charge is -2.17. The number of rotatable bonds is 3. The van der Waals surface area contributed by atoms with E-state index in [0.29, 0.717) is 0 Å². The quantitative estimate of drug-likeness (QED) is 0.812. The molecule has 1 fully saturated rings. The Kier molecular flexibility index (Phi) is 3.78. The van der Waals surface area contributed by atoms with E-state index in [9.17, 15) is 18.0 Å². The van der Waals surface area contributed by atoms with Crippen molar-refractivity contribution in [2.75, 3.05) is 6.54 Å². The predicted octanol–water partition coefficient (Wildman–Crippen LogP) is 2.32. The van der Waals surface area contributed by atoms with Gasteiger partial charge in [-0.15, -0.1) is 0 Å². The van der Waals surface area contributed by atoms with Crippen molar-refractivity contribution in [1.82, 2.24) is 19.7 Å². The number of carbonyl (C=O) groups is 1. The number of hydrogen-bond acceptors (Lipinski definition) is 3. The van der Waals surface area contributed by atoms with E-state index in [1.54, 1.807) is 0 Å². The van der Waals surface area contributed by atoms with E-state index in [4.69, 9.17) is 11.6 Å². The molecule has 0 N–H and O–H groups in total. The van der Waals surface area contributed by atoms with Crippen LogP contribution in [0, 0.1) is 17.5 Å². The van der Waals surface area contributed by atoms with Crippen LogP contribution in [0.4, 0.5) is 13.2 Å². The van der Waals surface area contributed by atoms with Crippen LogP contribution in [0.2, 0.25) is 5.28 Å². The van der Waals surface area contributed by atoms with Crippen molar-refractivity contribution in [2.24, 2.45) is 0 Å². The Morgan fingerprint density at radius 3 is 2.55 bits per heavy atom. The first kappa shape index (κ1) is 14.8. The summed E-state index contributed by atoms with van der Waals surface area (Å²) in [6.07, 6.45) is 1.34. The van der Waals surface area contributed by atoms with Gasteiger partial charge in [0.05, 0.1) is 0 Å². The third-order valence-corrected chi connectivity index (χ3v) is 3.86. The van der Waals surface area contributed by atoms with Crippen molar-refractivity contribution >= 4 is 17.5 Å². The molecule has 1 amide bonds. The number of hydrogen-bond donors (Lipinski definition) is 0. The van der Waals surface area contributed by atoms with Gasteiger partial charge in [-0.05, 0) is 29.3 Å². The van der Waals surface area contributed by atoms with Gasteiger partial charge in [-0.2, -0.15) is 5.10 Å². The molecule has 1 unspecified atom stereocenters. The smallest absolute Gasteiger partial charge is 0.224 e. The van der Waals surface area contributed by atoms with Gasteiger partial charge in [0, 0.05) is 18.9 Å². The number of halogens is 4. The first-order chi connectivity index (χ1) is 10.5. The molecule has 0 spiro atoms. The van der Waals surface area contributed by atoms with Crippen molar-refractivity contribution in [1.29, 1.82) is 0 Å². The van der Waals surface area contributed by atoms with Gasteiger partial charge in [-0.25, -0.2) is 22.8 Å². The fourth-order valence-corrected chi connectivity index (χ4v) is 2.59. The highest BCUT2D eigenvalue weighted by Crippen LogP contribution is 2.30. The fraction of sp³-hybridized carbons (Fsp3) is 0.308. The number of carbonyl (C=O) groups excluding carboxylic acids is 1. The summed E-state index contributed by atoms with van der Waals surface area (Å²) in [5, 5.41) is 4.00. The maximum Gasteiger partial charge on any atom is 0.224 e. The van der Waals surface area contributed by atoms with Crippen molar-refractivity contribution in [2.45, 2.75) is 19.0 Å². The molecule has 0 aliphatic carbocycles. The average molecular weight is 331 g/mol. The highest BCUT2D eigenvalue weighted by atomic mass is 35.5.